The topological polar surface area (TPSA) is 95.9 Å². The van der Waals surface area contributed by atoms with Crippen molar-refractivity contribution in [2.75, 3.05) is 6.61 Å². The van der Waals surface area contributed by atoms with E-state index in [4.69, 9.17) is 4.74 Å². The molecule has 3 N–H and O–H groups in total. The first-order valence-electron chi connectivity index (χ1n) is 25.4. The molecule has 0 aromatic carbocycles. The molecule has 0 aromatic rings. The Morgan fingerprint density at radius 1 is 0.508 bits per heavy atom. The molecule has 0 radical (unpaired) electrons. The number of rotatable bonds is 45. The third kappa shape index (κ3) is 42.3. The number of esters is 1. The lowest BCUT2D eigenvalue weighted by atomic mass is 10.0. The van der Waals surface area contributed by atoms with E-state index in [1.54, 1.807) is 0 Å². The Bertz CT molecular complexity index is 1020. The zero-order valence-corrected chi connectivity index (χ0v) is 39.1. The third-order valence-corrected chi connectivity index (χ3v) is 11.4. The molecule has 0 bridgehead atoms. The maximum absolute atomic E-state index is 13.2. The first-order valence-corrected chi connectivity index (χ1v) is 25.4. The molecule has 0 saturated carbocycles. The highest BCUT2D eigenvalue weighted by molar-refractivity contribution is 5.77. The first-order chi connectivity index (χ1) is 29.0. The predicted octanol–water partition coefficient (Wildman–Crippen LogP) is 15.1. The van der Waals surface area contributed by atoms with Gasteiger partial charge in [0.1, 0.15) is 6.10 Å². The van der Waals surface area contributed by atoms with Crippen LogP contribution in [-0.2, 0) is 14.3 Å². The normalized spacial score (nSPS) is 13.6. The molecule has 0 rings (SSSR count). The first kappa shape index (κ1) is 56.8. The predicted molar refractivity (Wildman–Crippen MR) is 255 cm³/mol. The van der Waals surface area contributed by atoms with Crippen LogP contribution < -0.4 is 5.32 Å². The second-order valence-corrected chi connectivity index (χ2v) is 17.2. The van der Waals surface area contributed by atoms with Gasteiger partial charge in [0.25, 0.3) is 0 Å². The summed E-state index contributed by atoms with van der Waals surface area (Å²) < 4.78 is 5.89. The van der Waals surface area contributed by atoms with Gasteiger partial charge in [0, 0.05) is 6.42 Å². The van der Waals surface area contributed by atoms with Crippen LogP contribution in [0.5, 0.6) is 0 Å². The Morgan fingerprint density at radius 3 is 1.36 bits per heavy atom. The summed E-state index contributed by atoms with van der Waals surface area (Å²) in [5.74, 6) is -0.524. The van der Waals surface area contributed by atoms with E-state index in [0.29, 0.717) is 19.3 Å². The van der Waals surface area contributed by atoms with Gasteiger partial charge in [-0.2, -0.15) is 0 Å². The fourth-order valence-corrected chi connectivity index (χ4v) is 7.60. The Balaban J connectivity index is 4.58. The van der Waals surface area contributed by atoms with Crippen LogP contribution in [0.15, 0.2) is 48.6 Å². The van der Waals surface area contributed by atoms with Gasteiger partial charge < -0.3 is 20.3 Å². The molecule has 6 heteroatoms. The average molecular weight is 828 g/mol. The number of ether oxygens (including phenoxy) is 1. The highest BCUT2D eigenvalue weighted by Gasteiger charge is 2.24. The number of hydrogen-bond acceptors (Lipinski definition) is 5. The van der Waals surface area contributed by atoms with Crippen LogP contribution in [-0.4, -0.2) is 46.9 Å². The second kappa shape index (κ2) is 46.9. The van der Waals surface area contributed by atoms with Crippen LogP contribution in [0.3, 0.4) is 0 Å². The number of amides is 1. The summed E-state index contributed by atoms with van der Waals surface area (Å²) in [6.45, 7) is 6.35. The molecule has 3 atom stereocenters. The largest absolute Gasteiger partial charge is 0.462 e. The van der Waals surface area contributed by atoms with E-state index in [1.807, 2.05) is 0 Å². The van der Waals surface area contributed by atoms with Crippen molar-refractivity contribution in [1.82, 2.24) is 5.32 Å². The zero-order chi connectivity index (χ0) is 43.1. The van der Waals surface area contributed by atoms with E-state index in [-0.39, 0.29) is 24.9 Å². The lowest BCUT2D eigenvalue weighted by Crippen LogP contribution is -2.46. The molecule has 0 fully saturated rings. The van der Waals surface area contributed by atoms with Gasteiger partial charge in [0.15, 0.2) is 0 Å². The molecule has 0 aliphatic rings. The number of aliphatic hydroxyl groups is 2. The molecule has 0 heterocycles. The zero-order valence-electron chi connectivity index (χ0n) is 39.1. The van der Waals surface area contributed by atoms with E-state index < -0.39 is 18.2 Å². The van der Waals surface area contributed by atoms with Crippen LogP contribution in [0, 0.1) is 0 Å². The van der Waals surface area contributed by atoms with Gasteiger partial charge in [0.05, 0.1) is 25.2 Å². The van der Waals surface area contributed by atoms with Crippen LogP contribution in [0.2, 0.25) is 0 Å². The Labute approximate surface area is 366 Å². The van der Waals surface area contributed by atoms with Crippen LogP contribution >= 0.6 is 0 Å². The van der Waals surface area contributed by atoms with Crippen molar-refractivity contribution in [3.05, 3.63) is 48.6 Å². The van der Waals surface area contributed by atoms with E-state index in [9.17, 15) is 19.8 Å². The SMILES string of the molecule is CC/C=C/C/C=C/C/C=C/C/C=C/CCCC(CC(=O)NC(CO)C(O)CCCCCCCCCCCCCCCCCC)OC(=O)CCCCCCCCCCCC. The van der Waals surface area contributed by atoms with Crippen molar-refractivity contribution < 1.29 is 24.5 Å². The molecule has 0 saturated heterocycles. The number of aliphatic hydroxyl groups excluding tert-OH is 2. The third-order valence-electron chi connectivity index (χ3n) is 11.4. The van der Waals surface area contributed by atoms with Gasteiger partial charge >= 0.3 is 5.97 Å². The molecule has 0 aliphatic carbocycles. The van der Waals surface area contributed by atoms with Crippen molar-refractivity contribution in [1.29, 1.82) is 0 Å². The van der Waals surface area contributed by atoms with Gasteiger partial charge in [-0.05, 0) is 57.8 Å². The minimum Gasteiger partial charge on any atom is -0.462 e. The second-order valence-electron chi connectivity index (χ2n) is 17.2. The quantitative estimate of drug-likeness (QED) is 0.0323. The summed E-state index contributed by atoms with van der Waals surface area (Å²) in [5.41, 5.74) is 0. The molecule has 0 spiro atoms. The standard InChI is InChI=1S/C53H97NO5/c1-4-7-10-13-16-19-22-24-26-27-29-31-33-36-39-42-45-51(56)50(48-55)54-52(57)47-49(59-53(58)46-43-40-37-34-21-18-15-12-9-6-3)44-41-38-35-32-30-28-25-23-20-17-14-11-8-5-2/h8,11,17,20,25,28,32,35,49-51,55-56H,4-7,9-10,12-16,18-19,21-24,26-27,29-31,33-34,36-48H2,1-3H3,(H,54,57)/b11-8+,20-17+,28-25+,35-32+. The Kier molecular flexibility index (Phi) is 45.1. The van der Waals surface area contributed by atoms with Crippen LogP contribution in [0.25, 0.3) is 0 Å². The number of nitrogens with one attached hydrogen (secondary N) is 1. The van der Waals surface area contributed by atoms with Gasteiger partial charge in [0.2, 0.25) is 5.91 Å². The average Bonchev–Trinajstić information content (AvgIpc) is 3.23. The maximum atomic E-state index is 13.2. The molecule has 1 amide bonds. The molecule has 344 valence electrons. The minimum absolute atomic E-state index is 0.0419. The van der Waals surface area contributed by atoms with Gasteiger partial charge in [-0.15, -0.1) is 0 Å². The summed E-state index contributed by atoms with van der Waals surface area (Å²) >= 11 is 0. The van der Waals surface area contributed by atoms with Crippen molar-refractivity contribution in [3.8, 4) is 0 Å². The van der Waals surface area contributed by atoms with Crippen molar-refractivity contribution in [3.63, 3.8) is 0 Å². The fourth-order valence-electron chi connectivity index (χ4n) is 7.60. The molecular formula is C53H97NO5. The summed E-state index contributed by atoms with van der Waals surface area (Å²) in [4.78, 5) is 26.0. The lowest BCUT2D eigenvalue weighted by molar-refractivity contribution is -0.151. The lowest BCUT2D eigenvalue weighted by Gasteiger charge is -2.24. The van der Waals surface area contributed by atoms with Crippen molar-refractivity contribution in [2.24, 2.45) is 0 Å². The summed E-state index contributed by atoms with van der Waals surface area (Å²) in [5, 5.41) is 23.7. The molecule has 0 aliphatic heterocycles. The van der Waals surface area contributed by atoms with Gasteiger partial charge in [-0.3, -0.25) is 9.59 Å². The highest BCUT2D eigenvalue weighted by Crippen LogP contribution is 2.17. The molecular weight excluding hydrogens is 731 g/mol. The van der Waals surface area contributed by atoms with E-state index in [2.05, 4.69) is 74.7 Å². The minimum atomic E-state index is -0.800. The molecule has 59 heavy (non-hydrogen) atoms. The van der Waals surface area contributed by atoms with Crippen LogP contribution in [0.4, 0.5) is 0 Å². The highest BCUT2D eigenvalue weighted by atomic mass is 16.5. The number of carbonyl (C=O) groups excluding carboxylic acids is 2. The number of unbranched alkanes of at least 4 members (excludes halogenated alkanes) is 25. The van der Waals surface area contributed by atoms with Crippen molar-refractivity contribution >= 4 is 11.9 Å². The van der Waals surface area contributed by atoms with Crippen molar-refractivity contribution in [2.45, 2.75) is 270 Å². The fraction of sp³-hybridized carbons (Fsp3) is 0.811. The molecule has 0 aromatic heterocycles. The van der Waals surface area contributed by atoms with Crippen LogP contribution in [0.1, 0.15) is 252 Å². The molecule has 3 unspecified atom stereocenters. The Morgan fingerprint density at radius 2 is 0.915 bits per heavy atom. The number of allylic oxidation sites excluding steroid dienone is 8. The monoisotopic (exact) mass is 828 g/mol. The number of carbonyl (C=O) groups is 2. The van der Waals surface area contributed by atoms with Gasteiger partial charge in [-0.25, -0.2) is 0 Å². The summed E-state index contributed by atoms with van der Waals surface area (Å²) in [6.07, 6.45) is 56.1. The molecule has 6 nitrogen and oxygen atoms in total. The summed E-state index contributed by atoms with van der Waals surface area (Å²) in [6, 6.07) is -0.716. The maximum Gasteiger partial charge on any atom is 0.306 e. The van der Waals surface area contributed by atoms with E-state index >= 15 is 0 Å². The van der Waals surface area contributed by atoms with E-state index in [1.165, 1.54) is 128 Å². The Hall–Kier alpha value is -2.18. The van der Waals surface area contributed by atoms with E-state index in [0.717, 1.165) is 77.0 Å². The van der Waals surface area contributed by atoms with Gasteiger partial charge in [-0.1, -0.05) is 230 Å². The number of hydrogen-bond donors (Lipinski definition) is 3. The summed E-state index contributed by atoms with van der Waals surface area (Å²) in [7, 11) is 0. The smallest absolute Gasteiger partial charge is 0.306 e.